The van der Waals surface area contributed by atoms with Gasteiger partial charge < -0.3 is 18.9 Å². The highest BCUT2D eigenvalue weighted by Gasteiger charge is 2.35. The van der Waals surface area contributed by atoms with Gasteiger partial charge in [-0.15, -0.1) is 6.42 Å². The molecule has 8 nitrogen and oxygen atoms in total. The summed E-state index contributed by atoms with van der Waals surface area (Å²) >= 11 is 1.24. The first-order chi connectivity index (χ1) is 17.9. The number of fused-ring (bicyclic) bond motifs is 1. The van der Waals surface area contributed by atoms with Crippen molar-refractivity contribution in [1.29, 1.82) is 0 Å². The van der Waals surface area contributed by atoms with Crippen LogP contribution in [-0.2, 0) is 9.53 Å². The Balaban J connectivity index is 1.91. The van der Waals surface area contributed by atoms with Crippen molar-refractivity contribution in [3.05, 3.63) is 84.5 Å². The molecule has 1 atom stereocenters. The van der Waals surface area contributed by atoms with Crippen LogP contribution in [0.25, 0.3) is 6.08 Å². The number of aromatic nitrogens is 1. The monoisotopic (exact) mass is 518 g/mol. The molecule has 0 amide bonds. The molecule has 3 aromatic rings. The molecule has 0 radical (unpaired) electrons. The van der Waals surface area contributed by atoms with E-state index in [9.17, 15) is 9.59 Å². The van der Waals surface area contributed by atoms with Gasteiger partial charge in [-0.2, -0.15) is 0 Å². The van der Waals surface area contributed by atoms with Gasteiger partial charge in [0.2, 0.25) is 0 Å². The standard InChI is InChI=1S/C28H26N2O6S/c1-6-14-36-19-10-8-18(9-11-19)15-23-26(31)30-25(21-16-20(33-4)12-13-22(21)34-5)24(27(32)35-7-2)17(3)29-28(30)37-23/h1,8-13,15-16,25H,7,14H2,2-5H3/b23-15-/t25-/m0/s1. The van der Waals surface area contributed by atoms with E-state index in [1.165, 1.54) is 23.0 Å². The average Bonchev–Trinajstić information content (AvgIpc) is 3.21. The van der Waals surface area contributed by atoms with Gasteiger partial charge in [-0.1, -0.05) is 29.4 Å². The van der Waals surface area contributed by atoms with Crippen LogP contribution in [0.3, 0.4) is 0 Å². The third kappa shape index (κ3) is 5.15. The number of carbonyl (C=O) groups is 1. The lowest BCUT2D eigenvalue weighted by atomic mass is 9.94. The lowest BCUT2D eigenvalue weighted by Gasteiger charge is -2.26. The molecule has 0 saturated heterocycles. The number of rotatable bonds is 8. The second-order valence-electron chi connectivity index (χ2n) is 7.97. The highest BCUT2D eigenvalue weighted by molar-refractivity contribution is 7.07. The third-order valence-electron chi connectivity index (χ3n) is 5.75. The molecule has 190 valence electrons. The van der Waals surface area contributed by atoms with Gasteiger partial charge in [-0.3, -0.25) is 9.36 Å². The minimum Gasteiger partial charge on any atom is -0.497 e. The van der Waals surface area contributed by atoms with E-state index in [0.29, 0.717) is 37.8 Å². The summed E-state index contributed by atoms with van der Waals surface area (Å²) in [6.45, 7) is 3.82. The summed E-state index contributed by atoms with van der Waals surface area (Å²) < 4.78 is 23.8. The summed E-state index contributed by atoms with van der Waals surface area (Å²) in [6, 6.07) is 11.7. The number of hydrogen-bond donors (Lipinski definition) is 0. The lowest BCUT2D eigenvalue weighted by molar-refractivity contribution is -0.139. The molecule has 1 aliphatic heterocycles. The van der Waals surface area contributed by atoms with Crippen LogP contribution in [0, 0.1) is 12.3 Å². The zero-order valence-electron chi connectivity index (χ0n) is 20.9. The summed E-state index contributed by atoms with van der Waals surface area (Å²) in [7, 11) is 3.08. The van der Waals surface area contributed by atoms with Crippen LogP contribution in [0.4, 0.5) is 0 Å². The molecule has 0 saturated carbocycles. The molecule has 0 bridgehead atoms. The van der Waals surface area contributed by atoms with E-state index in [1.807, 2.05) is 12.1 Å². The van der Waals surface area contributed by atoms with E-state index in [-0.39, 0.29) is 24.3 Å². The minimum atomic E-state index is -0.818. The van der Waals surface area contributed by atoms with E-state index in [4.69, 9.17) is 25.4 Å². The molecule has 1 aromatic heterocycles. The SMILES string of the molecule is C#CCOc1ccc(/C=c2\sc3n(c2=O)[C@@H](c2cc(OC)ccc2OC)C(C(=O)OCC)=C(C)N=3)cc1. The van der Waals surface area contributed by atoms with Crippen LogP contribution < -0.4 is 29.1 Å². The molecule has 9 heteroatoms. The maximum absolute atomic E-state index is 13.8. The summed E-state index contributed by atoms with van der Waals surface area (Å²) in [4.78, 5) is 32.0. The van der Waals surface area contributed by atoms with E-state index < -0.39 is 12.0 Å². The predicted molar refractivity (Wildman–Crippen MR) is 141 cm³/mol. The van der Waals surface area contributed by atoms with Crippen molar-refractivity contribution in [2.24, 2.45) is 4.99 Å². The largest absolute Gasteiger partial charge is 0.497 e. The van der Waals surface area contributed by atoms with Crippen molar-refractivity contribution in [2.45, 2.75) is 19.9 Å². The Hall–Kier alpha value is -4.29. The molecule has 1 aliphatic rings. The van der Waals surface area contributed by atoms with E-state index in [2.05, 4.69) is 10.9 Å². The molecule has 4 rings (SSSR count). The van der Waals surface area contributed by atoms with E-state index in [1.54, 1.807) is 57.4 Å². The van der Waals surface area contributed by atoms with Crippen LogP contribution in [0.15, 0.2) is 63.5 Å². The van der Waals surface area contributed by atoms with Gasteiger partial charge >= 0.3 is 5.97 Å². The third-order valence-corrected chi connectivity index (χ3v) is 6.73. The Kier molecular flexibility index (Phi) is 7.80. The van der Waals surface area contributed by atoms with Crippen molar-refractivity contribution < 1.29 is 23.7 Å². The number of hydrogen-bond acceptors (Lipinski definition) is 8. The van der Waals surface area contributed by atoms with E-state index >= 15 is 0 Å². The molecule has 0 unspecified atom stereocenters. The first-order valence-electron chi connectivity index (χ1n) is 11.5. The summed E-state index contributed by atoms with van der Waals surface area (Å²) in [5.41, 5.74) is 1.83. The number of carbonyl (C=O) groups excluding carboxylic acids is 1. The Morgan fingerprint density at radius 3 is 2.54 bits per heavy atom. The van der Waals surface area contributed by atoms with Gasteiger partial charge in [0.1, 0.15) is 29.9 Å². The fourth-order valence-electron chi connectivity index (χ4n) is 4.08. The molecule has 0 aliphatic carbocycles. The van der Waals surface area contributed by atoms with Crippen molar-refractivity contribution in [1.82, 2.24) is 4.57 Å². The molecule has 0 N–H and O–H groups in total. The van der Waals surface area contributed by atoms with Crippen LogP contribution in [0.5, 0.6) is 17.2 Å². The first kappa shape index (κ1) is 25.8. The van der Waals surface area contributed by atoms with Crippen molar-refractivity contribution in [2.75, 3.05) is 27.4 Å². The summed E-state index contributed by atoms with van der Waals surface area (Å²) in [5.74, 6) is 3.57. The fourth-order valence-corrected chi connectivity index (χ4v) is 5.12. The van der Waals surface area contributed by atoms with Gasteiger partial charge in [-0.25, -0.2) is 9.79 Å². The number of esters is 1. The Labute approximate surface area is 218 Å². The van der Waals surface area contributed by atoms with Crippen LogP contribution in [0.2, 0.25) is 0 Å². The van der Waals surface area contributed by atoms with Crippen LogP contribution in [0.1, 0.15) is 31.0 Å². The number of ether oxygens (including phenoxy) is 4. The number of thiazole rings is 1. The maximum atomic E-state index is 13.8. The van der Waals surface area contributed by atoms with Gasteiger partial charge in [0, 0.05) is 5.56 Å². The Morgan fingerprint density at radius 1 is 1.16 bits per heavy atom. The van der Waals surface area contributed by atoms with Gasteiger partial charge in [0.15, 0.2) is 4.80 Å². The first-order valence-corrected chi connectivity index (χ1v) is 12.3. The average molecular weight is 519 g/mol. The molecular weight excluding hydrogens is 492 g/mol. The lowest BCUT2D eigenvalue weighted by Crippen LogP contribution is -2.40. The minimum absolute atomic E-state index is 0.174. The normalized spacial score (nSPS) is 14.9. The predicted octanol–water partition coefficient (Wildman–Crippen LogP) is 2.83. The Bertz CT molecular complexity index is 1570. The number of terminal acetylenes is 1. The molecule has 0 spiro atoms. The van der Waals surface area contributed by atoms with E-state index in [0.717, 1.165) is 5.56 Å². The number of methoxy groups -OCH3 is 2. The van der Waals surface area contributed by atoms with Crippen LogP contribution >= 0.6 is 11.3 Å². The van der Waals surface area contributed by atoms with Crippen LogP contribution in [-0.4, -0.2) is 38.0 Å². The van der Waals surface area contributed by atoms with Crippen molar-refractivity contribution >= 4 is 23.4 Å². The van der Waals surface area contributed by atoms with Gasteiger partial charge in [-0.05, 0) is 55.8 Å². The highest BCUT2D eigenvalue weighted by Crippen LogP contribution is 2.37. The number of allylic oxidation sites excluding steroid dienone is 1. The fraction of sp³-hybridized carbons (Fsp3) is 0.250. The Morgan fingerprint density at radius 2 is 1.89 bits per heavy atom. The summed E-state index contributed by atoms with van der Waals surface area (Å²) in [5, 5.41) is 0. The topological polar surface area (TPSA) is 88.3 Å². The smallest absolute Gasteiger partial charge is 0.338 e. The molecule has 0 fully saturated rings. The van der Waals surface area contributed by atoms with Crippen molar-refractivity contribution in [3.8, 4) is 29.6 Å². The number of nitrogens with zero attached hydrogens (tertiary/aromatic N) is 2. The molecule has 2 heterocycles. The molecule has 37 heavy (non-hydrogen) atoms. The van der Waals surface area contributed by atoms with Crippen molar-refractivity contribution in [3.63, 3.8) is 0 Å². The van der Waals surface area contributed by atoms with Gasteiger partial charge in [0.25, 0.3) is 5.56 Å². The molecular formula is C28H26N2O6S. The number of benzene rings is 2. The zero-order chi connectivity index (χ0) is 26.5. The zero-order valence-corrected chi connectivity index (χ0v) is 21.8. The quantitative estimate of drug-likeness (QED) is 0.337. The van der Waals surface area contributed by atoms with Gasteiger partial charge in [0.05, 0.1) is 36.6 Å². The second kappa shape index (κ2) is 11.2. The summed E-state index contributed by atoms with van der Waals surface area (Å²) in [6.07, 6.45) is 7.02. The highest BCUT2D eigenvalue weighted by atomic mass is 32.1. The second-order valence-corrected chi connectivity index (χ2v) is 8.98. The molecule has 2 aromatic carbocycles. The maximum Gasteiger partial charge on any atom is 0.338 e.